The maximum atomic E-state index is 13.2. The standard InChI is InChI=1S/C14H18FN3OS/c1-3-17(4-2)14(19)8-18-12-6-5-10(15)7-11(12)16-13(18)9-20/h5-7,20H,3-4,8-9H2,1-2H3. The molecule has 0 radical (unpaired) electrons. The number of aromatic nitrogens is 2. The maximum Gasteiger partial charge on any atom is 0.242 e. The van der Waals surface area contributed by atoms with Crippen LogP contribution in [0.15, 0.2) is 18.2 Å². The number of benzene rings is 1. The lowest BCUT2D eigenvalue weighted by molar-refractivity contribution is -0.131. The van der Waals surface area contributed by atoms with Crippen molar-refractivity contribution in [2.45, 2.75) is 26.1 Å². The third kappa shape index (κ3) is 2.80. The Morgan fingerprint density at radius 3 is 2.70 bits per heavy atom. The summed E-state index contributed by atoms with van der Waals surface area (Å²) < 4.78 is 15.0. The number of fused-ring (bicyclic) bond motifs is 1. The Morgan fingerprint density at radius 2 is 2.10 bits per heavy atom. The molecule has 0 saturated heterocycles. The van der Waals surface area contributed by atoms with Gasteiger partial charge in [-0.05, 0) is 26.0 Å². The molecule has 108 valence electrons. The number of carbonyl (C=O) groups excluding carboxylic acids is 1. The van der Waals surface area contributed by atoms with Gasteiger partial charge in [0.15, 0.2) is 0 Å². The van der Waals surface area contributed by atoms with E-state index in [9.17, 15) is 9.18 Å². The summed E-state index contributed by atoms with van der Waals surface area (Å²) in [5, 5.41) is 0. The highest BCUT2D eigenvalue weighted by atomic mass is 32.1. The van der Waals surface area contributed by atoms with E-state index in [1.807, 2.05) is 18.4 Å². The van der Waals surface area contributed by atoms with E-state index in [0.29, 0.717) is 30.2 Å². The Kier molecular flexibility index (Phi) is 4.65. The first-order valence-corrected chi connectivity index (χ1v) is 7.27. The van der Waals surface area contributed by atoms with Crippen LogP contribution in [0.3, 0.4) is 0 Å². The Hall–Kier alpha value is -1.56. The molecule has 0 fully saturated rings. The Labute approximate surface area is 123 Å². The number of imidazole rings is 1. The molecule has 0 aliphatic heterocycles. The van der Waals surface area contributed by atoms with E-state index in [4.69, 9.17) is 0 Å². The first-order valence-electron chi connectivity index (χ1n) is 6.64. The van der Waals surface area contributed by atoms with Crippen LogP contribution < -0.4 is 0 Å². The number of amides is 1. The normalized spacial score (nSPS) is 11.0. The number of halogens is 1. The van der Waals surface area contributed by atoms with Gasteiger partial charge in [0.25, 0.3) is 0 Å². The van der Waals surface area contributed by atoms with Gasteiger partial charge in [0.1, 0.15) is 18.2 Å². The highest BCUT2D eigenvalue weighted by Gasteiger charge is 2.16. The monoisotopic (exact) mass is 295 g/mol. The van der Waals surface area contributed by atoms with Gasteiger partial charge in [0, 0.05) is 24.9 Å². The highest BCUT2D eigenvalue weighted by Crippen LogP contribution is 2.19. The zero-order chi connectivity index (χ0) is 14.7. The van der Waals surface area contributed by atoms with Gasteiger partial charge in [-0.1, -0.05) is 0 Å². The van der Waals surface area contributed by atoms with Crippen LogP contribution in [0.4, 0.5) is 4.39 Å². The molecule has 2 aromatic rings. The van der Waals surface area contributed by atoms with Crippen molar-refractivity contribution < 1.29 is 9.18 Å². The van der Waals surface area contributed by atoms with Crippen LogP contribution in [0, 0.1) is 5.82 Å². The number of nitrogens with zero attached hydrogens (tertiary/aromatic N) is 3. The third-order valence-corrected chi connectivity index (χ3v) is 3.62. The van der Waals surface area contributed by atoms with Crippen LogP contribution in [0.25, 0.3) is 11.0 Å². The van der Waals surface area contributed by atoms with Crippen molar-refractivity contribution in [3.63, 3.8) is 0 Å². The zero-order valence-corrected chi connectivity index (χ0v) is 12.5. The maximum absolute atomic E-state index is 13.2. The van der Waals surface area contributed by atoms with Gasteiger partial charge < -0.3 is 9.47 Å². The summed E-state index contributed by atoms with van der Waals surface area (Å²) >= 11 is 4.23. The van der Waals surface area contributed by atoms with Gasteiger partial charge in [-0.2, -0.15) is 12.6 Å². The minimum absolute atomic E-state index is 0.0293. The predicted molar refractivity (Wildman–Crippen MR) is 80.3 cm³/mol. The van der Waals surface area contributed by atoms with Crippen molar-refractivity contribution in [3.8, 4) is 0 Å². The van der Waals surface area contributed by atoms with Gasteiger partial charge in [-0.15, -0.1) is 0 Å². The van der Waals surface area contributed by atoms with Crippen LogP contribution in [0.2, 0.25) is 0 Å². The summed E-state index contributed by atoms with van der Waals surface area (Å²) in [6.45, 7) is 5.45. The van der Waals surface area contributed by atoms with Gasteiger partial charge >= 0.3 is 0 Å². The lowest BCUT2D eigenvalue weighted by Gasteiger charge is -2.19. The summed E-state index contributed by atoms with van der Waals surface area (Å²) in [6.07, 6.45) is 0. The van der Waals surface area contributed by atoms with Gasteiger partial charge in [0.05, 0.1) is 11.0 Å². The molecule has 1 heterocycles. The Bertz CT molecular complexity index is 622. The van der Waals surface area contributed by atoms with E-state index in [2.05, 4.69) is 17.6 Å². The fraction of sp³-hybridized carbons (Fsp3) is 0.429. The van der Waals surface area contributed by atoms with Gasteiger partial charge in [-0.3, -0.25) is 4.79 Å². The van der Waals surface area contributed by atoms with Crippen LogP contribution in [0.5, 0.6) is 0 Å². The van der Waals surface area contributed by atoms with Crippen LogP contribution in [-0.4, -0.2) is 33.4 Å². The third-order valence-electron chi connectivity index (χ3n) is 3.34. The van der Waals surface area contributed by atoms with Crippen molar-refractivity contribution in [2.24, 2.45) is 0 Å². The van der Waals surface area contributed by atoms with Crippen LogP contribution in [-0.2, 0) is 17.1 Å². The lowest BCUT2D eigenvalue weighted by atomic mass is 10.3. The first kappa shape index (κ1) is 14.8. The van der Waals surface area contributed by atoms with Gasteiger partial charge in [-0.25, -0.2) is 9.37 Å². The van der Waals surface area contributed by atoms with E-state index >= 15 is 0 Å². The highest BCUT2D eigenvalue weighted by molar-refractivity contribution is 7.79. The second-order valence-electron chi connectivity index (χ2n) is 4.47. The minimum Gasteiger partial charge on any atom is -0.342 e. The molecule has 0 unspecified atom stereocenters. The second-order valence-corrected chi connectivity index (χ2v) is 4.79. The summed E-state index contributed by atoms with van der Waals surface area (Å²) in [4.78, 5) is 18.3. The molecule has 1 aromatic carbocycles. The fourth-order valence-corrected chi connectivity index (χ4v) is 2.50. The molecule has 0 atom stereocenters. The van der Waals surface area contributed by atoms with E-state index < -0.39 is 0 Å². The number of rotatable bonds is 5. The van der Waals surface area contributed by atoms with Crippen molar-refractivity contribution in [3.05, 3.63) is 29.8 Å². The summed E-state index contributed by atoms with van der Waals surface area (Å²) in [5.41, 5.74) is 1.32. The van der Waals surface area contributed by atoms with E-state index in [1.54, 1.807) is 11.0 Å². The first-order chi connectivity index (χ1) is 9.60. The number of likely N-dealkylation sites (N-methyl/N-ethyl adjacent to an activating group) is 1. The molecule has 0 aliphatic carbocycles. The number of thiol groups is 1. The average Bonchev–Trinajstić information content (AvgIpc) is 2.77. The number of carbonyl (C=O) groups is 1. The largest absolute Gasteiger partial charge is 0.342 e. The van der Waals surface area contributed by atoms with Crippen LogP contribution >= 0.6 is 12.6 Å². The number of hydrogen-bond acceptors (Lipinski definition) is 3. The fourth-order valence-electron chi connectivity index (χ4n) is 2.26. The molecule has 0 spiro atoms. The minimum atomic E-state index is -0.331. The quantitative estimate of drug-likeness (QED) is 0.861. The van der Waals surface area contributed by atoms with E-state index in [1.165, 1.54) is 12.1 Å². The second kappa shape index (κ2) is 6.26. The smallest absolute Gasteiger partial charge is 0.242 e. The van der Waals surface area contributed by atoms with E-state index in [-0.39, 0.29) is 18.3 Å². The molecule has 1 aromatic heterocycles. The van der Waals surface area contributed by atoms with Crippen molar-refractivity contribution in [1.29, 1.82) is 0 Å². The molecule has 4 nitrogen and oxygen atoms in total. The molecule has 0 bridgehead atoms. The Balaban J connectivity index is 2.40. The van der Waals surface area contributed by atoms with E-state index in [0.717, 1.165) is 5.52 Å². The van der Waals surface area contributed by atoms with Crippen molar-refractivity contribution >= 4 is 29.6 Å². The topological polar surface area (TPSA) is 38.1 Å². The molecule has 0 N–H and O–H groups in total. The molecular formula is C14H18FN3OS. The molecule has 0 aliphatic rings. The molecule has 6 heteroatoms. The zero-order valence-electron chi connectivity index (χ0n) is 11.6. The van der Waals surface area contributed by atoms with Gasteiger partial charge in [0.2, 0.25) is 5.91 Å². The summed E-state index contributed by atoms with van der Waals surface area (Å²) in [6, 6.07) is 4.41. The molecule has 1 amide bonds. The summed E-state index contributed by atoms with van der Waals surface area (Å²) in [7, 11) is 0. The lowest BCUT2D eigenvalue weighted by Crippen LogP contribution is -2.33. The summed E-state index contributed by atoms with van der Waals surface area (Å²) in [5.74, 6) is 0.779. The number of hydrogen-bond donors (Lipinski definition) is 1. The molecule has 0 saturated carbocycles. The molecule has 2 rings (SSSR count). The average molecular weight is 295 g/mol. The SMILES string of the molecule is CCN(CC)C(=O)Cn1c(CS)nc2cc(F)ccc21. The molecule has 20 heavy (non-hydrogen) atoms. The molecular weight excluding hydrogens is 277 g/mol. The predicted octanol–water partition coefficient (Wildman–Crippen LogP) is 2.47. The Morgan fingerprint density at radius 1 is 1.40 bits per heavy atom. The van der Waals surface area contributed by atoms with Crippen molar-refractivity contribution in [1.82, 2.24) is 14.5 Å². The van der Waals surface area contributed by atoms with Crippen LogP contribution in [0.1, 0.15) is 19.7 Å². The van der Waals surface area contributed by atoms with Crippen molar-refractivity contribution in [2.75, 3.05) is 13.1 Å².